The number of thioether (sulfide) groups is 1. The number of hydrogen-bond donors (Lipinski definition) is 2. The van der Waals surface area contributed by atoms with Gasteiger partial charge in [-0.05, 0) is 18.2 Å². The molecule has 15 heavy (non-hydrogen) atoms. The molecule has 2 heterocycles. The zero-order valence-corrected chi connectivity index (χ0v) is 9.09. The van der Waals surface area contributed by atoms with Gasteiger partial charge < -0.3 is 11.1 Å². The molecule has 1 unspecified atom stereocenters. The molecule has 1 aromatic heterocycles. The summed E-state index contributed by atoms with van der Waals surface area (Å²) < 4.78 is 0. The van der Waals surface area contributed by atoms with Crippen molar-refractivity contribution in [3.05, 3.63) is 18.5 Å². The Labute approximate surface area is 92.6 Å². The third-order valence-corrected chi connectivity index (χ3v) is 3.57. The highest BCUT2D eigenvalue weighted by Crippen LogP contribution is 2.25. The summed E-state index contributed by atoms with van der Waals surface area (Å²) in [7, 11) is 0. The molecule has 1 aromatic rings. The highest BCUT2D eigenvalue weighted by Gasteiger charge is 2.23. The van der Waals surface area contributed by atoms with Gasteiger partial charge in [-0.25, -0.2) is 0 Å². The summed E-state index contributed by atoms with van der Waals surface area (Å²) in [5, 5.41) is 2.83. The molecule has 2 rings (SSSR count). The van der Waals surface area contributed by atoms with E-state index in [4.69, 9.17) is 5.73 Å². The summed E-state index contributed by atoms with van der Waals surface area (Å²) in [6.07, 6.45) is 4.12. The fourth-order valence-corrected chi connectivity index (χ4v) is 2.72. The number of nitrogen functional groups attached to an aromatic ring is 1. The van der Waals surface area contributed by atoms with Crippen molar-refractivity contribution in [2.45, 2.75) is 6.42 Å². The van der Waals surface area contributed by atoms with Gasteiger partial charge in [0.1, 0.15) is 0 Å². The van der Waals surface area contributed by atoms with Gasteiger partial charge in [-0.3, -0.25) is 9.78 Å². The Morgan fingerprint density at radius 1 is 1.67 bits per heavy atom. The maximum Gasteiger partial charge on any atom is 0.228 e. The van der Waals surface area contributed by atoms with Crippen molar-refractivity contribution in [3.8, 4) is 0 Å². The van der Waals surface area contributed by atoms with Crippen LogP contribution < -0.4 is 11.1 Å². The second-order valence-corrected chi connectivity index (χ2v) is 4.66. The summed E-state index contributed by atoms with van der Waals surface area (Å²) >= 11 is 1.82. The van der Waals surface area contributed by atoms with Gasteiger partial charge in [0.05, 0.1) is 17.6 Å². The Hall–Kier alpha value is -1.23. The number of nitrogens with zero attached hydrogens (tertiary/aromatic N) is 1. The van der Waals surface area contributed by atoms with E-state index in [-0.39, 0.29) is 11.8 Å². The van der Waals surface area contributed by atoms with Gasteiger partial charge in [-0.1, -0.05) is 0 Å². The van der Waals surface area contributed by atoms with Crippen LogP contribution in [0.15, 0.2) is 18.5 Å². The molecule has 0 spiro atoms. The predicted molar refractivity (Wildman–Crippen MR) is 62.7 cm³/mol. The molecule has 3 N–H and O–H groups in total. The molecule has 0 radical (unpaired) electrons. The second-order valence-electron chi connectivity index (χ2n) is 3.51. The highest BCUT2D eigenvalue weighted by atomic mass is 32.2. The lowest BCUT2D eigenvalue weighted by atomic mass is 10.1. The zero-order valence-electron chi connectivity index (χ0n) is 8.27. The van der Waals surface area contributed by atoms with E-state index in [1.54, 1.807) is 18.5 Å². The van der Waals surface area contributed by atoms with Crippen molar-refractivity contribution in [1.29, 1.82) is 0 Å². The molecule has 1 fully saturated rings. The van der Waals surface area contributed by atoms with Gasteiger partial charge in [0.25, 0.3) is 0 Å². The Bertz CT molecular complexity index is 363. The normalized spacial score (nSPS) is 20.1. The fraction of sp³-hybridized carbons (Fsp3) is 0.400. The van der Waals surface area contributed by atoms with Crippen LogP contribution >= 0.6 is 11.8 Å². The quantitative estimate of drug-likeness (QED) is 0.794. The first-order valence-electron chi connectivity index (χ1n) is 4.85. The molecule has 0 aromatic carbocycles. The van der Waals surface area contributed by atoms with Crippen LogP contribution in [0.5, 0.6) is 0 Å². The molecule has 1 atom stereocenters. The van der Waals surface area contributed by atoms with Crippen molar-refractivity contribution in [2.24, 2.45) is 5.92 Å². The lowest BCUT2D eigenvalue weighted by Gasteiger charge is -2.10. The Morgan fingerprint density at radius 2 is 2.53 bits per heavy atom. The molecule has 4 nitrogen and oxygen atoms in total. The zero-order chi connectivity index (χ0) is 10.7. The number of nitrogens with one attached hydrogen (secondary N) is 1. The third kappa shape index (κ3) is 2.41. The van der Waals surface area contributed by atoms with Gasteiger partial charge in [0.15, 0.2) is 0 Å². The number of anilines is 2. The predicted octanol–water partition coefficient (Wildman–Crippen LogP) is 1.36. The number of amides is 1. The van der Waals surface area contributed by atoms with E-state index < -0.39 is 0 Å². The average molecular weight is 223 g/mol. The molecule has 1 aliphatic heterocycles. The number of pyridine rings is 1. The van der Waals surface area contributed by atoms with Gasteiger partial charge in [-0.15, -0.1) is 0 Å². The highest BCUT2D eigenvalue weighted by molar-refractivity contribution is 7.99. The van der Waals surface area contributed by atoms with Gasteiger partial charge in [-0.2, -0.15) is 11.8 Å². The number of hydrogen-bond acceptors (Lipinski definition) is 4. The molecular weight excluding hydrogens is 210 g/mol. The standard InChI is InChI=1S/C10H13N3OS/c11-8-5-12-3-1-9(8)13-10(14)7-2-4-15-6-7/h1,3,5,7H,2,4,6,11H2,(H,12,13,14). The van der Waals surface area contributed by atoms with Crippen molar-refractivity contribution in [3.63, 3.8) is 0 Å². The van der Waals surface area contributed by atoms with Crippen LogP contribution in [-0.2, 0) is 4.79 Å². The Kier molecular flexibility index (Phi) is 3.11. The fourth-order valence-electron chi connectivity index (χ4n) is 1.50. The first-order chi connectivity index (χ1) is 7.27. The topological polar surface area (TPSA) is 68.0 Å². The second kappa shape index (κ2) is 4.53. The van der Waals surface area contributed by atoms with E-state index in [2.05, 4.69) is 10.3 Å². The van der Waals surface area contributed by atoms with Crippen LogP contribution in [0.25, 0.3) is 0 Å². The maximum absolute atomic E-state index is 11.8. The Morgan fingerprint density at radius 3 is 3.20 bits per heavy atom. The summed E-state index contributed by atoms with van der Waals surface area (Å²) in [6.45, 7) is 0. The van der Waals surface area contributed by atoms with Crippen LogP contribution in [-0.4, -0.2) is 22.4 Å². The van der Waals surface area contributed by atoms with Crippen LogP contribution in [0.3, 0.4) is 0 Å². The Balaban J connectivity index is 2.02. The SMILES string of the molecule is Nc1cnccc1NC(=O)C1CCSC1. The lowest BCUT2D eigenvalue weighted by molar-refractivity contribution is -0.119. The van der Waals surface area contributed by atoms with E-state index in [9.17, 15) is 4.79 Å². The van der Waals surface area contributed by atoms with Crippen molar-refractivity contribution in [1.82, 2.24) is 4.98 Å². The summed E-state index contributed by atoms with van der Waals surface area (Å²) in [5.74, 6) is 2.18. The molecular formula is C10H13N3OS. The van der Waals surface area contributed by atoms with E-state index in [0.717, 1.165) is 17.9 Å². The van der Waals surface area contributed by atoms with Gasteiger partial charge in [0, 0.05) is 17.9 Å². The van der Waals surface area contributed by atoms with Crippen LogP contribution in [0.1, 0.15) is 6.42 Å². The van der Waals surface area contributed by atoms with E-state index in [0.29, 0.717) is 11.4 Å². The molecule has 80 valence electrons. The largest absolute Gasteiger partial charge is 0.396 e. The molecule has 1 aliphatic rings. The van der Waals surface area contributed by atoms with Crippen molar-refractivity contribution < 1.29 is 4.79 Å². The molecule has 1 amide bonds. The maximum atomic E-state index is 11.8. The van der Waals surface area contributed by atoms with E-state index >= 15 is 0 Å². The van der Waals surface area contributed by atoms with Gasteiger partial charge in [0.2, 0.25) is 5.91 Å². The van der Waals surface area contributed by atoms with E-state index in [1.165, 1.54) is 0 Å². The number of carbonyl (C=O) groups excluding carboxylic acids is 1. The molecule has 5 heteroatoms. The number of carbonyl (C=O) groups is 1. The minimum absolute atomic E-state index is 0.0675. The summed E-state index contributed by atoms with van der Waals surface area (Å²) in [5.41, 5.74) is 6.85. The van der Waals surface area contributed by atoms with Crippen LogP contribution in [0.4, 0.5) is 11.4 Å². The third-order valence-electron chi connectivity index (χ3n) is 2.41. The van der Waals surface area contributed by atoms with E-state index in [1.807, 2.05) is 11.8 Å². The molecule has 1 saturated heterocycles. The number of rotatable bonds is 2. The van der Waals surface area contributed by atoms with Gasteiger partial charge >= 0.3 is 0 Å². The van der Waals surface area contributed by atoms with Crippen LogP contribution in [0, 0.1) is 5.92 Å². The number of nitrogens with two attached hydrogens (primary N) is 1. The summed E-state index contributed by atoms with van der Waals surface area (Å²) in [6, 6.07) is 1.72. The first-order valence-corrected chi connectivity index (χ1v) is 6.01. The summed E-state index contributed by atoms with van der Waals surface area (Å²) in [4.78, 5) is 15.6. The average Bonchev–Trinajstić information content (AvgIpc) is 2.74. The lowest BCUT2D eigenvalue weighted by Crippen LogP contribution is -2.22. The smallest absolute Gasteiger partial charge is 0.228 e. The first kappa shape index (κ1) is 10.3. The minimum atomic E-state index is 0.0675. The molecule has 0 saturated carbocycles. The van der Waals surface area contributed by atoms with Crippen molar-refractivity contribution in [2.75, 3.05) is 22.6 Å². The van der Waals surface area contributed by atoms with Crippen LogP contribution in [0.2, 0.25) is 0 Å². The molecule has 0 bridgehead atoms. The number of aromatic nitrogens is 1. The molecule has 0 aliphatic carbocycles. The minimum Gasteiger partial charge on any atom is -0.396 e. The monoisotopic (exact) mass is 223 g/mol. The van der Waals surface area contributed by atoms with Crippen molar-refractivity contribution >= 4 is 29.0 Å².